The standard InChI is InChI=1S/C24H32FN5O.HI/c1-4-26-23(28-18(3)20-11-10-17(2)22(25)15-20)27-16-19-8-7-9-21(14-19)29-24(31)30-12-5-6-13-30;/h7-11,14-15,18H,4-6,12-13,16H2,1-3H3,(H,29,31)(H2,26,27,28);1H. The van der Waals surface area contributed by atoms with Gasteiger partial charge >= 0.3 is 6.03 Å². The van der Waals surface area contributed by atoms with E-state index in [-0.39, 0.29) is 41.9 Å². The number of halogens is 2. The zero-order valence-corrected chi connectivity index (χ0v) is 21.3. The second-order valence-corrected chi connectivity index (χ2v) is 7.89. The van der Waals surface area contributed by atoms with E-state index in [1.54, 1.807) is 19.1 Å². The lowest BCUT2D eigenvalue weighted by Crippen LogP contribution is -2.38. The Morgan fingerprint density at radius 3 is 2.62 bits per heavy atom. The Bertz CT molecular complexity index is 930. The predicted octanol–water partition coefficient (Wildman–Crippen LogP) is 5.20. The van der Waals surface area contributed by atoms with Crippen molar-refractivity contribution >= 4 is 41.7 Å². The number of hydrogen-bond donors (Lipinski definition) is 3. The van der Waals surface area contributed by atoms with Crippen molar-refractivity contribution in [3.05, 3.63) is 65.0 Å². The molecule has 0 saturated carbocycles. The lowest BCUT2D eigenvalue weighted by atomic mass is 10.1. The third-order valence-corrected chi connectivity index (χ3v) is 5.38. The molecule has 1 aliphatic heterocycles. The number of anilines is 1. The molecule has 1 heterocycles. The van der Waals surface area contributed by atoms with Crippen molar-refractivity contribution < 1.29 is 9.18 Å². The molecule has 0 aliphatic carbocycles. The number of urea groups is 1. The van der Waals surface area contributed by atoms with Crippen molar-refractivity contribution in [2.24, 2.45) is 4.99 Å². The number of guanidine groups is 1. The summed E-state index contributed by atoms with van der Waals surface area (Å²) < 4.78 is 13.9. The fraction of sp³-hybridized carbons (Fsp3) is 0.417. The van der Waals surface area contributed by atoms with Crippen molar-refractivity contribution in [1.29, 1.82) is 0 Å². The molecule has 0 radical (unpaired) electrons. The topological polar surface area (TPSA) is 68.8 Å². The van der Waals surface area contributed by atoms with Crippen LogP contribution in [0.4, 0.5) is 14.9 Å². The number of nitrogens with one attached hydrogen (secondary N) is 3. The van der Waals surface area contributed by atoms with Crippen molar-refractivity contribution in [2.75, 3.05) is 25.0 Å². The Balaban J connectivity index is 0.00000363. The summed E-state index contributed by atoms with van der Waals surface area (Å²) in [7, 11) is 0. The molecule has 32 heavy (non-hydrogen) atoms. The number of amides is 2. The molecule has 1 fully saturated rings. The first-order valence-electron chi connectivity index (χ1n) is 10.9. The Morgan fingerprint density at radius 1 is 1.19 bits per heavy atom. The van der Waals surface area contributed by atoms with Gasteiger partial charge in [-0.1, -0.05) is 24.3 Å². The molecule has 0 aromatic heterocycles. The van der Waals surface area contributed by atoms with E-state index in [1.165, 1.54) is 0 Å². The summed E-state index contributed by atoms with van der Waals surface area (Å²) >= 11 is 0. The monoisotopic (exact) mass is 553 g/mol. The van der Waals surface area contributed by atoms with Crippen LogP contribution >= 0.6 is 24.0 Å². The molecule has 3 rings (SSSR count). The normalized spacial score (nSPS) is 14.5. The molecule has 1 unspecified atom stereocenters. The van der Waals surface area contributed by atoms with Gasteiger partial charge in [0.2, 0.25) is 0 Å². The fourth-order valence-corrected chi connectivity index (χ4v) is 3.53. The van der Waals surface area contributed by atoms with Crippen LogP contribution in [0.2, 0.25) is 0 Å². The summed E-state index contributed by atoms with van der Waals surface area (Å²) in [6.07, 6.45) is 2.13. The Hall–Kier alpha value is -2.36. The van der Waals surface area contributed by atoms with Gasteiger partial charge in [0, 0.05) is 25.3 Å². The van der Waals surface area contributed by atoms with Crippen LogP contribution in [0.1, 0.15) is 49.4 Å². The van der Waals surface area contributed by atoms with Crippen LogP contribution in [-0.2, 0) is 6.54 Å². The minimum absolute atomic E-state index is 0. The third-order valence-electron chi connectivity index (χ3n) is 5.38. The third kappa shape index (κ3) is 7.36. The highest BCUT2D eigenvalue weighted by molar-refractivity contribution is 14.0. The summed E-state index contributed by atoms with van der Waals surface area (Å²) in [5, 5.41) is 9.54. The molecule has 1 saturated heterocycles. The zero-order valence-electron chi connectivity index (χ0n) is 19.0. The highest BCUT2D eigenvalue weighted by Crippen LogP contribution is 2.17. The SMILES string of the molecule is CCNC(=NCc1cccc(NC(=O)N2CCCC2)c1)NC(C)c1ccc(C)c(F)c1.I. The molecule has 6 nitrogen and oxygen atoms in total. The number of aryl methyl sites for hydroxylation is 1. The van der Waals surface area contributed by atoms with Gasteiger partial charge in [-0.2, -0.15) is 0 Å². The molecular weight excluding hydrogens is 520 g/mol. The average Bonchev–Trinajstić information content (AvgIpc) is 3.29. The molecule has 2 aromatic rings. The van der Waals surface area contributed by atoms with Gasteiger partial charge in [-0.25, -0.2) is 14.2 Å². The summed E-state index contributed by atoms with van der Waals surface area (Å²) in [4.78, 5) is 18.8. The van der Waals surface area contributed by atoms with Crippen LogP contribution in [-0.4, -0.2) is 36.5 Å². The van der Waals surface area contributed by atoms with Crippen LogP contribution in [0, 0.1) is 12.7 Å². The highest BCUT2D eigenvalue weighted by atomic mass is 127. The van der Waals surface area contributed by atoms with E-state index in [4.69, 9.17) is 0 Å². The Kier molecular flexibility index (Phi) is 10.2. The van der Waals surface area contributed by atoms with Gasteiger partial charge in [0.15, 0.2) is 5.96 Å². The molecule has 0 spiro atoms. The largest absolute Gasteiger partial charge is 0.357 e. The summed E-state index contributed by atoms with van der Waals surface area (Å²) in [5.41, 5.74) is 3.25. The van der Waals surface area contributed by atoms with E-state index in [2.05, 4.69) is 20.9 Å². The van der Waals surface area contributed by atoms with Crippen molar-refractivity contribution in [3.8, 4) is 0 Å². The maximum Gasteiger partial charge on any atom is 0.321 e. The first-order chi connectivity index (χ1) is 15.0. The van der Waals surface area contributed by atoms with Gasteiger partial charge in [-0.05, 0) is 68.5 Å². The quantitative estimate of drug-likeness (QED) is 0.262. The van der Waals surface area contributed by atoms with Crippen LogP contribution in [0.3, 0.4) is 0 Å². The minimum atomic E-state index is -0.208. The molecule has 2 aromatic carbocycles. The van der Waals surface area contributed by atoms with Crippen molar-refractivity contribution in [3.63, 3.8) is 0 Å². The Morgan fingerprint density at radius 2 is 1.94 bits per heavy atom. The molecule has 174 valence electrons. The van der Waals surface area contributed by atoms with Gasteiger partial charge in [-0.3, -0.25) is 0 Å². The summed E-state index contributed by atoms with van der Waals surface area (Å²) in [5.74, 6) is 0.448. The minimum Gasteiger partial charge on any atom is -0.357 e. The fourth-order valence-electron chi connectivity index (χ4n) is 3.53. The first kappa shape index (κ1) is 25.9. The number of benzene rings is 2. The maximum absolute atomic E-state index is 13.9. The molecule has 1 atom stereocenters. The van der Waals surface area contributed by atoms with E-state index in [1.807, 2.05) is 49.1 Å². The van der Waals surface area contributed by atoms with Crippen LogP contribution in [0.5, 0.6) is 0 Å². The van der Waals surface area contributed by atoms with Gasteiger partial charge < -0.3 is 20.9 Å². The molecular formula is C24H33FIN5O. The summed E-state index contributed by atoms with van der Waals surface area (Å²) in [6.45, 7) is 8.54. The zero-order chi connectivity index (χ0) is 22.2. The maximum atomic E-state index is 13.9. The second-order valence-electron chi connectivity index (χ2n) is 7.89. The molecule has 0 bridgehead atoms. The van der Waals surface area contributed by atoms with E-state index in [0.717, 1.165) is 42.7 Å². The van der Waals surface area contributed by atoms with Gasteiger partial charge in [0.25, 0.3) is 0 Å². The molecule has 2 amide bonds. The number of aliphatic imine (C=N–C) groups is 1. The lowest BCUT2D eigenvalue weighted by Gasteiger charge is -2.19. The van der Waals surface area contributed by atoms with Crippen LogP contribution in [0.25, 0.3) is 0 Å². The van der Waals surface area contributed by atoms with Crippen molar-refractivity contribution in [1.82, 2.24) is 15.5 Å². The number of carbonyl (C=O) groups excluding carboxylic acids is 1. The van der Waals surface area contributed by atoms with Crippen LogP contribution in [0.15, 0.2) is 47.5 Å². The number of carbonyl (C=O) groups is 1. The van der Waals surface area contributed by atoms with Gasteiger partial charge in [0.05, 0.1) is 12.6 Å². The molecule has 8 heteroatoms. The number of rotatable bonds is 6. The predicted molar refractivity (Wildman–Crippen MR) is 139 cm³/mol. The van der Waals surface area contributed by atoms with E-state index in [0.29, 0.717) is 24.6 Å². The smallest absolute Gasteiger partial charge is 0.321 e. The van der Waals surface area contributed by atoms with Gasteiger partial charge in [0.1, 0.15) is 5.82 Å². The second kappa shape index (κ2) is 12.6. The first-order valence-corrected chi connectivity index (χ1v) is 10.9. The average molecular weight is 553 g/mol. The number of likely N-dealkylation sites (tertiary alicyclic amines) is 1. The van der Waals surface area contributed by atoms with E-state index >= 15 is 0 Å². The Labute approximate surface area is 207 Å². The number of nitrogens with zero attached hydrogens (tertiary/aromatic N) is 2. The van der Waals surface area contributed by atoms with Gasteiger partial charge in [-0.15, -0.1) is 24.0 Å². The van der Waals surface area contributed by atoms with E-state index in [9.17, 15) is 9.18 Å². The van der Waals surface area contributed by atoms with E-state index < -0.39 is 0 Å². The number of hydrogen-bond acceptors (Lipinski definition) is 2. The molecule has 3 N–H and O–H groups in total. The summed E-state index contributed by atoms with van der Waals surface area (Å²) in [6, 6.07) is 12.9. The lowest BCUT2D eigenvalue weighted by molar-refractivity contribution is 0.222. The molecule has 1 aliphatic rings. The highest BCUT2D eigenvalue weighted by Gasteiger charge is 2.17. The van der Waals surface area contributed by atoms with Crippen molar-refractivity contribution in [2.45, 2.75) is 46.2 Å². The van der Waals surface area contributed by atoms with Crippen LogP contribution < -0.4 is 16.0 Å².